The molecule has 0 radical (unpaired) electrons. The van der Waals surface area contributed by atoms with Gasteiger partial charge < -0.3 is 5.32 Å². The molecule has 13 heavy (non-hydrogen) atoms. The molecule has 0 bridgehead atoms. The van der Waals surface area contributed by atoms with E-state index in [0.29, 0.717) is 0 Å². The zero-order chi connectivity index (χ0) is 9.52. The lowest BCUT2D eigenvalue weighted by Gasteiger charge is -2.04. The summed E-state index contributed by atoms with van der Waals surface area (Å²) in [6, 6.07) is 8.46. The van der Waals surface area contributed by atoms with E-state index < -0.39 is 0 Å². The second-order valence-electron chi connectivity index (χ2n) is 3.02. The molecule has 1 aromatic carbocycles. The molecule has 2 nitrogen and oxygen atoms in total. The van der Waals surface area contributed by atoms with Crippen molar-refractivity contribution in [2.24, 2.45) is 4.99 Å². The average molecular weight is 176 g/mol. The quantitative estimate of drug-likeness (QED) is 0.422. The number of aliphatic imine (C=N–C) groups is 1. The zero-order valence-electron chi connectivity index (χ0n) is 8.25. The van der Waals surface area contributed by atoms with Gasteiger partial charge in [0, 0.05) is 13.6 Å². The molecule has 0 aliphatic rings. The van der Waals surface area contributed by atoms with Crippen LogP contribution in [0, 0.1) is 6.92 Å². The first-order chi connectivity index (χ1) is 6.34. The summed E-state index contributed by atoms with van der Waals surface area (Å²) in [7, 11) is 1.76. The lowest BCUT2D eigenvalue weighted by molar-refractivity contribution is 0.871. The second-order valence-corrected chi connectivity index (χ2v) is 3.02. The Hall–Kier alpha value is -1.31. The molecule has 0 atom stereocenters. The van der Waals surface area contributed by atoms with E-state index in [1.165, 1.54) is 11.1 Å². The number of rotatable bonds is 4. The highest BCUT2D eigenvalue weighted by Gasteiger charge is 1.94. The normalized spacial score (nSPS) is 10.6. The molecule has 0 aliphatic heterocycles. The van der Waals surface area contributed by atoms with Crippen molar-refractivity contribution in [1.82, 2.24) is 5.32 Å². The third-order valence-corrected chi connectivity index (χ3v) is 2.02. The van der Waals surface area contributed by atoms with Gasteiger partial charge in [-0.2, -0.15) is 0 Å². The Morgan fingerprint density at radius 2 is 2.15 bits per heavy atom. The van der Waals surface area contributed by atoms with Gasteiger partial charge in [0.05, 0.1) is 6.34 Å². The number of hydrogen-bond acceptors (Lipinski definition) is 1. The van der Waals surface area contributed by atoms with Gasteiger partial charge >= 0.3 is 0 Å². The van der Waals surface area contributed by atoms with E-state index in [1.807, 2.05) is 0 Å². The first-order valence-electron chi connectivity index (χ1n) is 4.53. The second kappa shape index (κ2) is 5.36. The third-order valence-electron chi connectivity index (χ3n) is 2.02. The van der Waals surface area contributed by atoms with Gasteiger partial charge in [-0.3, -0.25) is 4.99 Å². The smallest absolute Gasteiger partial charge is 0.0820 e. The minimum absolute atomic E-state index is 0.947. The minimum Gasteiger partial charge on any atom is -0.376 e. The summed E-state index contributed by atoms with van der Waals surface area (Å²) in [6.07, 6.45) is 2.79. The summed E-state index contributed by atoms with van der Waals surface area (Å²) in [5.41, 5.74) is 2.76. The SMILES string of the molecule is CN=CNCCc1ccccc1C. The van der Waals surface area contributed by atoms with E-state index in [1.54, 1.807) is 13.4 Å². The summed E-state index contributed by atoms with van der Waals surface area (Å²) in [6.45, 7) is 3.09. The van der Waals surface area contributed by atoms with Gasteiger partial charge in [0.15, 0.2) is 0 Å². The summed E-state index contributed by atoms with van der Waals surface area (Å²) >= 11 is 0. The fourth-order valence-corrected chi connectivity index (χ4v) is 1.25. The van der Waals surface area contributed by atoms with Gasteiger partial charge in [0.1, 0.15) is 0 Å². The summed E-state index contributed by atoms with van der Waals surface area (Å²) in [5, 5.41) is 3.12. The van der Waals surface area contributed by atoms with Crippen LogP contribution in [-0.4, -0.2) is 19.9 Å². The van der Waals surface area contributed by atoms with Gasteiger partial charge in [-0.05, 0) is 24.5 Å². The lowest BCUT2D eigenvalue weighted by atomic mass is 10.1. The first-order valence-corrected chi connectivity index (χ1v) is 4.53. The van der Waals surface area contributed by atoms with Crippen molar-refractivity contribution in [2.45, 2.75) is 13.3 Å². The van der Waals surface area contributed by atoms with Crippen molar-refractivity contribution < 1.29 is 0 Å². The molecule has 0 aromatic heterocycles. The number of hydrogen-bond donors (Lipinski definition) is 1. The molecule has 0 saturated heterocycles. The summed E-state index contributed by atoms with van der Waals surface area (Å²) in [5.74, 6) is 0. The van der Waals surface area contributed by atoms with Crippen molar-refractivity contribution in [2.75, 3.05) is 13.6 Å². The van der Waals surface area contributed by atoms with E-state index in [9.17, 15) is 0 Å². The number of nitrogens with one attached hydrogen (secondary N) is 1. The van der Waals surface area contributed by atoms with E-state index in [4.69, 9.17) is 0 Å². The van der Waals surface area contributed by atoms with Crippen molar-refractivity contribution in [3.63, 3.8) is 0 Å². The van der Waals surface area contributed by atoms with E-state index in [2.05, 4.69) is 41.5 Å². The molecule has 0 amide bonds. The Morgan fingerprint density at radius 1 is 1.38 bits per heavy atom. The number of benzene rings is 1. The van der Waals surface area contributed by atoms with Crippen LogP contribution in [0.15, 0.2) is 29.3 Å². The Labute approximate surface area is 79.7 Å². The monoisotopic (exact) mass is 176 g/mol. The van der Waals surface area contributed by atoms with Crippen molar-refractivity contribution >= 4 is 6.34 Å². The molecule has 1 N–H and O–H groups in total. The lowest BCUT2D eigenvalue weighted by Crippen LogP contribution is -2.15. The van der Waals surface area contributed by atoms with Crippen molar-refractivity contribution in [3.05, 3.63) is 35.4 Å². The molecular formula is C11H16N2. The molecule has 70 valence electrons. The van der Waals surface area contributed by atoms with Crippen LogP contribution in [0.25, 0.3) is 0 Å². The molecule has 0 heterocycles. The standard InChI is InChI=1S/C11H16N2/c1-10-5-3-4-6-11(10)7-8-13-9-12-2/h3-6,9H,7-8H2,1-2H3,(H,12,13). The third kappa shape index (κ3) is 3.28. The average Bonchev–Trinajstić information content (AvgIpc) is 2.15. The van der Waals surface area contributed by atoms with Crippen LogP contribution in [0.4, 0.5) is 0 Å². The van der Waals surface area contributed by atoms with Crippen LogP contribution in [0.1, 0.15) is 11.1 Å². The topological polar surface area (TPSA) is 24.4 Å². The molecule has 0 saturated carbocycles. The van der Waals surface area contributed by atoms with Gasteiger partial charge in [-0.15, -0.1) is 0 Å². The van der Waals surface area contributed by atoms with E-state index in [-0.39, 0.29) is 0 Å². The Balaban J connectivity index is 2.41. The highest BCUT2D eigenvalue weighted by Crippen LogP contribution is 2.06. The largest absolute Gasteiger partial charge is 0.376 e. The Bertz CT molecular complexity index is 279. The molecule has 1 aromatic rings. The maximum Gasteiger partial charge on any atom is 0.0820 e. The fraction of sp³-hybridized carbons (Fsp3) is 0.364. The van der Waals surface area contributed by atoms with Gasteiger partial charge in [-0.25, -0.2) is 0 Å². The maximum atomic E-state index is 3.85. The van der Waals surface area contributed by atoms with E-state index >= 15 is 0 Å². The predicted octanol–water partition coefficient (Wildman–Crippen LogP) is 1.79. The van der Waals surface area contributed by atoms with Crippen LogP contribution in [0.3, 0.4) is 0 Å². The van der Waals surface area contributed by atoms with Gasteiger partial charge in [-0.1, -0.05) is 24.3 Å². The molecular weight excluding hydrogens is 160 g/mol. The minimum atomic E-state index is 0.947. The molecule has 0 fully saturated rings. The Morgan fingerprint density at radius 3 is 2.85 bits per heavy atom. The van der Waals surface area contributed by atoms with Crippen LogP contribution in [-0.2, 0) is 6.42 Å². The maximum absolute atomic E-state index is 3.85. The molecule has 1 rings (SSSR count). The number of nitrogens with zero attached hydrogens (tertiary/aromatic N) is 1. The van der Waals surface area contributed by atoms with Gasteiger partial charge in [0.25, 0.3) is 0 Å². The highest BCUT2D eigenvalue weighted by atomic mass is 14.9. The highest BCUT2D eigenvalue weighted by molar-refractivity contribution is 5.53. The first kappa shape index (κ1) is 9.78. The molecule has 0 unspecified atom stereocenters. The summed E-state index contributed by atoms with van der Waals surface area (Å²) in [4.78, 5) is 3.85. The van der Waals surface area contributed by atoms with Crippen LogP contribution in [0.2, 0.25) is 0 Å². The van der Waals surface area contributed by atoms with Crippen LogP contribution in [0.5, 0.6) is 0 Å². The summed E-state index contributed by atoms with van der Waals surface area (Å²) < 4.78 is 0. The molecule has 2 heteroatoms. The van der Waals surface area contributed by atoms with Crippen LogP contribution < -0.4 is 5.32 Å². The van der Waals surface area contributed by atoms with Gasteiger partial charge in [0.2, 0.25) is 0 Å². The molecule has 0 aliphatic carbocycles. The fourth-order valence-electron chi connectivity index (χ4n) is 1.25. The molecule has 0 spiro atoms. The van der Waals surface area contributed by atoms with Crippen molar-refractivity contribution in [1.29, 1.82) is 0 Å². The van der Waals surface area contributed by atoms with E-state index in [0.717, 1.165) is 13.0 Å². The van der Waals surface area contributed by atoms with Crippen molar-refractivity contribution in [3.8, 4) is 0 Å². The zero-order valence-corrected chi connectivity index (χ0v) is 8.25. The van der Waals surface area contributed by atoms with Crippen LogP contribution >= 0.6 is 0 Å². The number of aryl methyl sites for hydroxylation is 1. The predicted molar refractivity (Wildman–Crippen MR) is 57.3 cm³/mol. The Kier molecular flexibility index (Phi) is 4.03.